The van der Waals surface area contributed by atoms with Crippen LogP contribution in [0.5, 0.6) is 5.75 Å². The Bertz CT molecular complexity index is 802. The van der Waals surface area contributed by atoms with Gasteiger partial charge in [0.25, 0.3) is 0 Å². The quantitative estimate of drug-likeness (QED) is 0.804. The van der Waals surface area contributed by atoms with Gasteiger partial charge in [0.15, 0.2) is 0 Å². The van der Waals surface area contributed by atoms with Crippen LogP contribution in [-0.2, 0) is 9.59 Å². The first kappa shape index (κ1) is 18.1. The van der Waals surface area contributed by atoms with Crippen molar-refractivity contribution in [2.45, 2.75) is 12.8 Å². The second kappa shape index (κ2) is 8.10. The maximum atomic E-state index is 12.1. The molecule has 0 saturated carbocycles. The number of hydrogen-bond acceptors (Lipinski definition) is 4. The molecule has 136 valence electrons. The van der Waals surface area contributed by atoms with Gasteiger partial charge < -0.3 is 20.3 Å². The Balaban J connectivity index is 1.62. The minimum Gasteiger partial charge on any atom is -0.495 e. The smallest absolute Gasteiger partial charge is 0.314 e. The summed E-state index contributed by atoms with van der Waals surface area (Å²) in [5.41, 5.74) is 2.02. The summed E-state index contributed by atoms with van der Waals surface area (Å²) >= 11 is 5.92. The standard InChI is InChI=1S/C19H20ClN3O3/c1-26-17-9-4-13(20)12-16(17)22-19(25)18(24)21-14-5-7-15(8-6-14)23-10-2-3-11-23/h4-9,12H,2-3,10-11H2,1H3,(H,21,24)(H,22,25). The Labute approximate surface area is 157 Å². The number of methoxy groups -OCH3 is 1. The third kappa shape index (κ3) is 4.26. The van der Waals surface area contributed by atoms with E-state index in [0.29, 0.717) is 22.1 Å². The fraction of sp³-hybridized carbons (Fsp3) is 0.263. The highest BCUT2D eigenvalue weighted by molar-refractivity contribution is 6.44. The molecule has 1 fully saturated rings. The predicted molar refractivity (Wildman–Crippen MR) is 103 cm³/mol. The van der Waals surface area contributed by atoms with Gasteiger partial charge in [-0.2, -0.15) is 0 Å². The number of halogens is 1. The lowest BCUT2D eigenvalue weighted by atomic mass is 10.2. The van der Waals surface area contributed by atoms with Gasteiger partial charge in [-0.15, -0.1) is 0 Å². The highest BCUT2D eigenvalue weighted by Gasteiger charge is 2.17. The highest BCUT2D eigenvalue weighted by Crippen LogP contribution is 2.27. The van der Waals surface area contributed by atoms with Crippen LogP contribution < -0.4 is 20.3 Å². The molecular formula is C19H20ClN3O3. The molecule has 6 nitrogen and oxygen atoms in total. The van der Waals surface area contributed by atoms with E-state index in [-0.39, 0.29) is 0 Å². The van der Waals surface area contributed by atoms with Crippen molar-refractivity contribution in [1.29, 1.82) is 0 Å². The lowest BCUT2D eigenvalue weighted by Crippen LogP contribution is -2.29. The average Bonchev–Trinajstić information content (AvgIpc) is 3.17. The second-order valence-electron chi connectivity index (χ2n) is 5.99. The van der Waals surface area contributed by atoms with E-state index in [0.717, 1.165) is 18.8 Å². The van der Waals surface area contributed by atoms with Crippen LogP contribution in [0.2, 0.25) is 5.02 Å². The summed E-state index contributed by atoms with van der Waals surface area (Å²) < 4.78 is 5.15. The zero-order valence-corrected chi connectivity index (χ0v) is 15.2. The molecule has 1 heterocycles. The van der Waals surface area contributed by atoms with E-state index in [2.05, 4.69) is 15.5 Å². The van der Waals surface area contributed by atoms with Crippen molar-refractivity contribution in [3.05, 3.63) is 47.5 Å². The first-order valence-corrected chi connectivity index (χ1v) is 8.75. The molecule has 0 aliphatic carbocycles. The van der Waals surface area contributed by atoms with Crippen LogP contribution in [0, 0.1) is 0 Å². The SMILES string of the molecule is COc1ccc(Cl)cc1NC(=O)C(=O)Nc1ccc(N2CCCC2)cc1. The summed E-state index contributed by atoms with van der Waals surface area (Å²) in [6.07, 6.45) is 2.40. The van der Waals surface area contributed by atoms with E-state index < -0.39 is 11.8 Å². The summed E-state index contributed by atoms with van der Waals surface area (Å²) in [5, 5.41) is 5.53. The van der Waals surface area contributed by atoms with Crippen molar-refractivity contribution < 1.29 is 14.3 Å². The molecule has 1 aliphatic rings. The van der Waals surface area contributed by atoms with E-state index in [1.807, 2.05) is 12.1 Å². The maximum absolute atomic E-state index is 12.1. The van der Waals surface area contributed by atoms with Gasteiger partial charge in [-0.1, -0.05) is 11.6 Å². The molecule has 2 aromatic carbocycles. The fourth-order valence-electron chi connectivity index (χ4n) is 2.88. The third-order valence-electron chi connectivity index (χ3n) is 4.21. The van der Waals surface area contributed by atoms with Gasteiger partial charge in [0.05, 0.1) is 12.8 Å². The third-order valence-corrected chi connectivity index (χ3v) is 4.45. The van der Waals surface area contributed by atoms with Gasteiger partial charge >= 0.3 is 11.8 Å². The van der Waals surface area contributed by atoms with Gasteiger partial charge in [0.1, 0.15) is 5.75 Å². The van der Waals surface area contributed by atoms with Crippen LogP contribution in [0.3, 0.4) is 0 Å². The van der Waals surface area contributed by atoms with Crippen LogP contribution in [0.25, 0.3) is 0 Å². The van der Waals surface area contributed by atoms with E-state index in [1.54, 1.807) is 24.3 Å². The normalized spacial score (nSPS) is 13.4. The van der Waals surface area contributed by atoms with Gasteiger partial charge in [-0.3, -0.25) is 9.59 Å². The van der Waals surface area contributed by atoms with Crippen molar-refractivity contribution in [3.8, 4) is 5.75 Å². The molecular weight excluding hydrogens is 354 g/mol. The summed E-state index contributed by atoms with van der Waals surface area (Å²) in [4.78, 5) is 26.6. The summed E-state index contributed by atoms with van der Waals surface area (Å²) in [7, 11) is 1.47. The molecule has 2 aromatic rings. The molecule has 0 unspecified atom stereocenters. The number of rotatable bonds is 4. The van der Waals surface area contributed by atoms with Crippen LogP contribution in [-0.4, -0.2) is 32.0 Å². The van der Waals surface area contributed by atoms with E-state index >= 15 is 0 Å². The number of benzene rings is 2. The Morgan fingerprint density at radius 3 is 2.31 bits per heavy atom. The molecule has 0 bridgehead atoms. The van der Waals surface area contributed by atoms with Gasteiger partial charge in [0, 0.05) is 29.5 Å². The molecule has 1 aliphatic heterocycles. The van der Waals surface area contributed by atoms with Crippen LogP contribution in [0.4, 0.5) is 17.1 Å². The lowest BCUT2D eigenvalue weighted by molar-refractivity contribution is -0.133. The summed E-state index contributed by atoms with van der Waals surface area (Å²) in [6.45, 7) is 2.10. The molecule has 2 N–H and O–H groups in total. The van der Waals surface area contributed by atoms with Gasteiger partial charge in [-0.05, 0) is 55.3 Å². The fourth-order valence-corrected chi connectivity index (χ4v) is 3.05. The van der Waals surface area contributed by atoms with Crippen LogP contribution in [0.15, 0.2) is 42.5 Å². The average molecular weight is 374 g/mol. The Morgan fingerprint density at radius 1 is 1.00 bits per heavy atom. The minimum absolute atomic E-state index is 0.338. The Morgan fingerprint density at radius 2 is 1.65 bits per heavy atom. The largest absolute Gasteiger partial charge is 0.495 e. The van der Waals surface area contributed by atoms with Crippen molar-refractivity contribution in [2.75, 3.05) is 35.7 Å². The molecule has 0 spiro atoms. The number of hydrogen-bond donors (Lipinski definition) is 2. The Hall–Kier alpha value is -2.73. The molecule has 0 atom stereocenters. The number of nitrogens with one attached hydrogen (secondary N) is 2. The number of carbonyl (C=O) groups is 2. The van der Waals surface area contributed by atoms with Crippen LogP contribution in [0.1, 0.15) is 12.8 Å². The first-order valence-electron chi connectivity index (χ1n) is 8.38. The molecule has 0 radical (unpaired) electrons. The molecule has 26 heavy (non-hydrogen) atoms. The van der Waals surface area contributed by atoms with Crippen molar-refractivity contribution in [1.82, 2.24) is 0 Å². The van der Waals surface area contributed by atoms with Gasteiger partial charge in [-0.25, -0.2) is 0 Å². The van der Waals surface area contributed by atoms with E-state index in [4.69, 9.17) is 16.3 Å². The number of nitrogens with zero attached hydrogens (tertiary/aromatic N) is 1. The topological polar surface area (TPSA) is 70.7 Å². The molecule has 0 aromatic heterocycles. The van der Waals surface area contributed by atoms with Crippen LogP contribution >= 0.6 is 11.6 Å². The minimum atomic E-state index is -0.797. The molecule has 2 amide bonds. The molecule has 3 rings (SSSR count). The highest BCUT2D eigenvalue weighted by atomic mass is 35.5. The van der Waals surface area contributed by atoms with Crippen molar-refractivity contribution in [3.63, 3.8) is 0 Å². The summed E-state index contributed by atoms with van der Waals surface area (Å²) in [5.74, 6) is -1.14. The number of anilines is 3. The van der Waals surface area contributed by atoms with Gasteiger partial charge in [0.2, 0.25) is 0 Å². The number of carbonyl (C=O) groups excluding carboxylic acids is 2. The predicted octanol–water partition coefficient (Wildman–Crippen LogP) is 3.53. The zero-order valence-electron chi connectivity index (χ0n) is 14.4. The lowest BCUT2D eigenvalue weighted by Gasteiger charge is -2.17. The van der Waals surface area contributed by atoms with Crippen molar-refractivity contribution >= 4 is 40.5 Å². The first-order chi connectivity index (χ1) is 12.6. The maximum Gasteiger partial charge on any atom is 0.314 e. The number of ether oxygens (including phenoxy) is 1. The van der Waals surface area contributed by atoms with E-state index in [9.17, 15) is 9.59 Å². The number of amides is 2. The second-order valence-corrected chi connectivity index (χ2v) is 6.43. The van der Waals surface area contributed by atoms with Crippen molar-refractivity contribution in [2.24, 2.45) is 0 Å². The Kier molecular flexibility index (Phi) is 5.63. The zero-order chi connectivity index (χ0) is 18.5. The summed E-state index contributed by atoms with van der Waals surface area (Å²) in [6, 6.07) is 12.2. The monoisotopic (exact) mass is 373 g/mol. The molecule has 1 saturated heterocycles. The molecule has 7 heteroatoms. The van der Waals surface area contributed by atoms with E-state index in [1.165, 1.54) is 26.0 Å².